The lowest BCUT2D eigenvalue weighted by molar-refractivity contribution is -0.139. The monoisotopic (exact) mass is 345 g/mol. The molecule has 1 N–H and O–H groups in total. The van der Waals surface area contributed by atoms with Gasteiger partial charge in [-0.25, -0.2) is 9.97 Å². The normalized spacial score (nSPS) is 17.6. The minimum Gasteiger partial charge on any atom is -0.375 e. The molecule has 0 aliphatic carbocycles. The number of ether oxygens (including phenoxy) is 1. The molecule has 0 spiro atoms. The topological polar surface area (TPSA) is 93.1 Å². The number of rotatable bonds is 7. The Morgan fingerprint density at radius 2 is 2.36 bits per heavy atom. The number of hydrogen-bond acceptors (Lipinski definition) is 5. The Morgan fingerprint density at radius 1 is 1.44 bits per heavy atom. The van der Waals surface area contributed by atoms with Crippen LogP contribution < -0.4 is 5.56 Å². The first-order valence-corrected chi connectivity index (χ1v) is 8.59. The second-order valence-electron chi connectivity index (χ2n) is 6.18. The largest absolute Gasteiger partial charge is 0.375 e. The summed E-state index contributed by atoms with van der Waals surface area (Å²) < 4.78 is 7.73. The summed E-state index contributed by atoms with van der Waals surface area (Å²) in [6, 6.07) is 1.50. The van der Waals surface area contributed by atoms with Crippen molar-refractivity contribution in [2.45, 2.75) is 38.3 Å². The van der Waals surface area contributed by atoms with Gasteiger partial charge < -0.3 is 19.2 Å². The first-order chi connectivity index (χ1) is 12.2. The molecule has 0 radical (unpaired) electrons. The van der Waals surface area contributed by atoms with Gasteiger partial charge in [-0.2, -0.15) is 0 Å². The highest BCUT2D eigenvalue weighted by molar-refractivity contribution is 5.76. The third-order valence-corrected chi connectivity index (χ3v) is 4.31. The summed E-state index contributed by atoms with van der Waals surface area (Å²) in [5.74, 6) is 0.169. The molecule has 1 amide bonds. The van der Waals surface area contributed by atoms with Crippen LogP contribution in [-0.4, -0.2) is 56.1 Å². The highest BCUT2D eigenvalue weighted by Crippen LogP contribution is 2.13. The zero-order valence-electron chi connectivity index (χ0n) is 14.1. The van der Waals surface area contributed by atoms with Gasteiger partial charge in [0.2, 0.25) is 5.91 Å². The van der Waals surface area contributed by atoms with Crippen molar-refractivity contribution in [1.29, 1.82) is 0 Å². The third-order valence-electron chi connectivity index (χ3n) is 4.31. The highest BCUT2D eigenvalue weighted by atomic mass is 16.5. The van der Waals surface area contributed by atoms with Crippen LogP contribution in [0.5, 0.6) is 0 Å². The van der Waals surface area contributed by atoms with E-state index in [1.807, 2.05) is 15.7 Å². The number of hydrogen-bond donors (Lipinski definition) is 1. The smallest absolute Gasteiger partial charge is 0.250 e. The van der Waals surface area contributed by atoms with Gasteiger partial charge in [-0.15, -0.1) is 0 Å². The van der Waals surface area contributed by atoms with Crippen molar-refractivity contribution in [3.05, 3.63) is 47.2 Å². The maximum Gasteiger partial charge on any atom is 0.250 e. The highest BCUT2D eigenvalue weighted by Gasteiger charge is 2.23. The van der Waals surface area contributed by atoms with Crippen LogP contribution in [0.25, 0.3) is 0 Å². The number of aromatic amines is 1. The molecule has 8 nitrogen and oxygen atoms in total. The van der Waals surface area contributed by atoms with Crippen LogP contribution >= 0.6 is 0 Å². The molecule has 0 bridgehead atoms. The first-order valence-electron chi connectivity index (χ1n) is 8.59. The number of aromatic nitrogens is 4. The number of morpholine rings is 1. The molecule has 8 heteroatoms. The van der Waals surface area contributed by atoms with E-state index in [2.05, 4.69) is 15.0 Å². The van der Waals surface area contributed by atoms with Gasteiger partial charge in [0.25, 0.3) is 5.56 Å². The molecule has 25 heavy (non-hydrogen) atoms. The van der Waals surface area contributed by atoms with E-state index in [1.165, 1.54) is 12.4 Å². The first kappa shape index (κ1) is 17.3. The number of H-pyrrole nitrogens is 1. The van der Waals surface area contributed by atoms with Crippen LogP contribution in [0.2, 0.25) is 0 Å². The molecule has 0 saturated carbocycles. The van der Waals surface area contributed by atoms with E-state index in [9.17, 15) is 9.59 Å². The maximum atomic E-state index is 12.4. The van der Waals surface area contributed by atoms with Crippen LogP contribution in [-0.2, 0) is 22.5 Å². The molecule has 0 aromatic carbocycles. The fourth-order valence-corrected chi connectivity index (χ4v) is 2.97. The Hall–Kier alpha value is -2.48. The van der Waals surface area contributed by atoms with Gasteiger partial charge in [0.1, 0.15) is 0 Å². The molecule has 3 heterocycles. The van der Waals surface area contributed by atoms with Gasteiger partial charge in [-0.3, -0.25) is 9.59 Å². The molecule has 134 valence electrons. The molecule has 1 saturated heterocycles. The lowest BCUT2D eigenvalue weighted by Crippen LogP contribution is -2.45. The van der Waals surface area contributed by atoms with Crippen LogP contribution in [0.15, 0.2) is 35.9 Å². The Labute approximate surface area is 145 Å². The molecule has 3 rings (SSSR count). The number of carbonyl (C=O) groups is 1. The Balaban J connectivity index is 1.42. The molecular weight excluding hydrogens is 322 g/mol. The zero-order valence-corrected chi connectivity index (χ0v) is 14.1. The summed E-state index contributed by atoms with van der Waals surface area (Å²) in [4.78, 5) is 36.2. The van der Waals surface area contributed by atoms with Crippen LogP contribution in [0.3, 0.4) is 0 Å². The van der Waals surface area contributed by atoms with E-state index >= 15 is 0 Å². The number of imidazole rings is 1. The van der Waals surface area contributed by atoms with Crippen LogP contribution in [0.4, 0.5) is 0 Å². The molecule has 1 aliphatic rings. The summed E-state index contributed by atoms with van der Waals surface area (Å²) >= 11 is 0. The van der Waals surface area contributed by atoms with Gasteiger partial charge in [0.05, 0.1) is 25.4 Å². The molecule has 0 unspecified atom stereocenters. The van der Waals surface area contributed by atoms with E-state index in [-0.39, 0.29) is 17.6 Å². The lowest BCUT2D eigenvalue weighted by atomic mass is 10.1. The minimum absolute atomic E-state index is 0.00700. The van der Waals surface area contributed by atoms with Crippen molar-refractivity contribution in [1.82, 2.24) is 24.4 Å². The summed E-state index contributed by atoms with van der Waals surface area (Å²) in [5.41, 5.74) is 0.598. The Bertz CT molecular complexity index is 728. The quantitative estimate of drug-likeness (QED) is 0.793. The Morgan fingerprint density at radius 3 is 3.16 bits per heavy atom. The van der Waals surface area contributed by atoms with Crippen LogP contribution in [0.1, 0.15) is 25.0 Å². The van der Waals surface area contributed by atoms with E-state index in [0.29, 0.717) is 32.5 Å². The predicted molar refractivity (Wildman–Crippen MR) is 91.0 cm³/mol. The van der Waals surface area contributed by atoms with Gasteiger partial charge in [-0.05, 0) is 19.3 Å². The second-order valence-corrected chi connectivity index (χ2v) is 6.18. The summed E-state index contributed by atoms with van der Waals surface area (Å²) in [5, 5.41) is 0. The van der Waals surface area contributed by atoms with Crippen LogP contribution in [0, 0.1) is 0 Å². The average molecular weight is 345 g/mol. The molecule has 2 aromatic rings. The average Bonchev–Trinajstić information content (AvgIpc) is 3.14. The standard InChI is InChI=1S/C17H23N5O3/c23-16-10-14(19-12-20-16)3-4-15-11-22(8-9-25-15)17(24)2-1-6-21-7-5-18-13-21/h5,7,10,12-13,15H,1-4,6,8-9,11H2,(H,19,20,23)/t15-/m0/s1. The number of nitrogens with one attached hydrogen (secondary N) is 1. The predicted octanol–water partition coefficient (Wildman–Crippen LogP) is 0.607. The zero-order chi connectivity index (χ0) is 17.5. The maximum absolute atomic E-state index is 12.4. The van der Waals surface area contributed by atoms with Gasteiger partial charge in [-0.1, -0.05) is 0 Å². The van der Waals surface area contributed by atoms with Crippen molar-refractivity contribution < 1.29 is 9.53 Å². The SMILES string of the molecule is O=C(CCCn1ccnc1)N1CCO[C@@H](CCc2cc(=O)[nH]cn2)C1. The number of nitrogens with zero attached hydrogens (tertiary/aromatic N) is 4. The van der Waals surface area contributed by atoms with Crippen molar-refractivity contribution in [3.63, 3.8) is 0 Å². The number of aryl methyl sites for hydroxylation is 2. The molecule has 2 aromatic heterocycles. The second kappa shape index (κ2) is 8.57. The van der Waals surface area contributed by atoms with Gasteiger partial charge in [0, 0.05) is 50.2 Å². The van der Waals surface area contributed by atoms with Crippen molar-refractivity contribution >= 4 is 5.91 Å². The minimum atomic E-state index is -0.149. The summed E-state index contributed by atoms with van der Waals surface area (Å²) in [6.45, 7) is 2.60. The van der Waals surface area contributed by atoms with Crippen molar-refractivity contribution in [2.75, 3.05) is 19.7 Å². The van der Waals surface area contributed by atoms with E-state index in [1.54, 1.807) is 12.5 Å². The third kappa shape index (κ3) is 5.25. The Kier molecular flexibility index (Phi) is 5.95. The van der Waals surface area contributed by atoms with E-state index < -0.39 is 0 Å². The number of amides is 1. The van der Waals surface area contributed by atoms with Gasteiger partial charge >= 0.3 is 0 Å². The summed E-state index contributed by atoms with van der Waals surface area (Å²) in [6.07, 6.45) is 9.54. The lowest BCUT2D eigenvalue weighted by Gasteiger charge is -2.33. The molecule has 1 aliphatic heterocycles. The molecular formula is C17H23N5O3. The van der Waals surface area contributed by atoms with E-state index in [0.717, 1.165) is 25.1 Å². The van der Waals surface area contributed by atoms with Crippen molar-refractivity contribution in [3.8, 4) is 0 Å². The fraction of sp³-hybridized carbons (Fsp3) is 0.529. The van der Waals surface area contributed by atoms with E-state index in [4.69, 9.17) is 4.74 Å². The van der Waals surface area contributed by atoms with Gasteiger partial charge in [0.15, 0.2) is 0 Å². The fourth-order valence-electron chi connectivity index (χ4n) is 2.97. The molecule has 1 fully saturated rings. The molecule has 1 atom stereocenters. The number of carbonyl (C=O) groups excluding carboxylic acids is 1. The summed E-state index contributed by atoms with van der Waals surface area (Å²) in [7, 11) is 0. The van der Waals surface area contributed by atoms with Crippen molar-refractivity contribution in [2.24, 2.45) is 0 Å².